The lowest BCUT2D eigenvalue weighted by Crippen LogP contribution is -2.25. The molecule has 1 heterocycles. The number of benzene rings is 2. The van der Waals surface area contributed by atoms with Crippen LogP contribution >= 0.6 is 11.8 Å². The first kappa shape index (κ1) is 26.0. The maximum Gasteiger partial charge on any atom is 0.338 e. The van der Waals surface area contributed by atoms with Crippen molar-refractivity contribution in [1.29, 1.82) is 0 Å². The highest BCUT2D eigenvalue weighted by atomic mass is 32.2. The maximum atomic E-state index is 12.5. The molecule has 2 N–H and O–H groups in total. The van der Waals surface area contributed by atoms with Crippen LogP contribution in [0.1, 0.15) is 52.4 Å². The fraction of sp³-hybridized carbons (Fsp3) is 0.320. The summed E-state index contributed by atoms with van der Waals surface area (Å²) in [5, 5.41) is 14.6. The molecule has 0 aliphatic heterocycles. The van der Waals surface area contributed by atoms with Gasteiger partial charge in [-0.25, -0.2) is 4.79 Å². The lowest BCUT2D eigenvalue weighted by atomic mass is 10.1. The van der Waals surface area contributed by atoms with Gasteiger partial charge in [-0.05, 0) is 50.1 Å². The van der Waals surface area contributed by atoms with Gasteiger partial charge in [-0.2, -0.15) is 0 Å². The van der Waals surface area contributed by atoms with Gasteiger partial charge >= 0.3 is 5.97 Å². The van der Waals surface area contributed by atoms with Crippen molar-refractivity contribution in [3.05, 3.63) is 71.0 Å². The van der Waals surface area contributed by atoms with E-state index in [-0.39, 0.29) is 24.1 Å². The highest BCUT2D eigenvalue weighted by Crippen LogP contribution is 2.19. The number of carbonyl (C=O) groups excluding carboxylic acids is 3. The number of nitrogens with zero attached hydrogens (tertiary/aromatic N) is 3. The zero-order chi connectivity index (χ0) is 25.2. The second-order valence-corrected chi connectivity index (χ2v) is 8.64. The number of hydrogen-bond donors (Lipinski definition) is 2. The van der Waals surface area contributed by atoms with Gasteiger partial charge in [0.15, 0.2) is 11.0 Å². The topological polar surface area (TPSA) is 115 Å². The molecule has 0 atom stereocenters. The Morgan fingerprint density at radius 3 is 2.60 bits per heavy atom. The number of rotatable bonds is 11. The maximum absolute atomic E-state index is 12.5. The average molecular weight is 496 g/mol. The second-order valence-electron chi connectivity index (χ2n) is 7.69. The van der Waals surface area contributed by atoms with Gasteiger partial charge in [0, 0.05) is 17.8 Å². The highest BCUT2D eigenvalue weighted by molar-refractivity contribution is 7.99. The number of carbonyl (C=O) groups is 3. The smallest absolute Gasteiger partial charge is 0.338 e. The van der Waals surface area contributed by atoms with Crippen molar-refractivity contribution < 1.29 is 19.1 Å². The lowest BCUT2D eigenvalue weighted by Gasteiger charge is -2.10. The van der Waals surface area contributed by atoms with E-state index in [1.165, 1.54) is 11.8 Å². The van der Waals surface area contributed by atoms with Crippen LogP contribution in [0.3, 0.4) is 0 Å². The molecule has 3 rings (SSSR count). The number of hydrogen-bond acceptors (Lipinski definition) is 7. The summed E-state index contributed by atoms with van der Waals surface area (Å²) < 4.78 is 7.00. The van der Waals surface area contributed by atoms with Crippen molar-refractivity contribution in [2.75, 3.05) is 17.7 Å². The summed E-state index contributed by atoms with van der Waals surface area (Å²) in [6.07, 6.45) is 0.739. The van der Waals surface area contributed by atoms with E-state index in [0.29, 0.717) is 40.9 Å². The van der Waals surface area contributed by atoms with E-state index in [1.807, 2.05) is 43.5 Å². The third-order valence-corrected chi connectivity index (χ3v) is 6.02. The van der Waals surface area contributed by atoms with Crippen LogP contribution in [0.2, 0.25) is 0 Å². The van der Waals surface area contributed by atoms with Crippen LogP contribution in [0.4, 0.5) is 5.69 Å². The molecule has 1 aromatic heterocycles. The zero-order valence-electron chi connectivity index (χ0n) is 20.0. The molecular weight excluding hydrogens is 466 g/mol. The van der Waals surface area contributed by atoms with Crippen LogP contribution in [-0.4, -0.2) is 44.9 Å². The molecule has 0 bridgehead atoms. The summed E-state index contributed by atoms with van der Waals surface area (Å²) in [7, 11) is 0. The number of aryl methyl sites for hydroxylation is 1. The van der Waals surface area contributed by atoms with Crippen LogP contribution in [0.15, 0.2) is 53.7 Å². The summed E-state index contributed by atoms with van der Waals surface area (Å²) >= 11 is 1.25. The Balaban J connectivity index is 1.55. The van der Waals surface area contributed by atoms with E-state index in [4.69, 9.17) is 4.74 Å². The molecular formula is C25H29N5O4S. The van der Waals surface area contributed by atoms with Crippen molar-refractivity contribution in [2.24, 2.45) is 0 Å². The third kappa shape index (κ3) is 7.16. The third-order valence-electron chi connectivity index (χ3n) is 5.06. The first-order valence-corrected chi connectivity index (χ1v) is 12.4. The number of thioether (sulfide) groups is 1. The molecule has 0 saturated carbocycles. The van der Waals surface area contributed by atoms with E-state index in [9.17, 15) is 14.4 Å². The van der Waals surface area contributed by atoms with Crippen molar-refractivity contribution in [1.82, 2.24) is 20.1 Å². The Bertz CT molecular complexity index is 1190. The first-order valence-electron chi connectivity index (χ1n) is 11.4. The van der Waals surface area contributed by atoms with E-state index in [2.05, 4.69) is 20.8 Å². The van der Waals surface area contributed by atoms with E-state index in [0.717, 1.165) is 12.0 Å². The predicted octanol–water partition coefficient (Wildman–Crippen LogP) is 3.83. The molecule has 35 heavy (non-hydrogen) atoms. The number of anilines is 1. The van der Waals surface area contributed by atoms with Gasteiger partial charge in [-0.1, -0.05) is 43.0 Å². The predicted molar refractivity (Wildman–Crippen MR) is 134 cm³/mol. The largest absolute Gasteiger partial charge is 0.462 e. The van der Waals surface area contributed by atoms with Gasteiger partial charge in [0.1, 0.15) is 0 Å². The number of ether oxygens (including phenoxy) is 1. The molecule has 0 radical (unpaired) electrons. The average Bonchev–Trinajstić information content (AvgIpc) is 3.26. The number of amides is 2. The minimum atomic E-state index is -0.421. The van der Waals surface area contributed by atoms with Gasteiger partial charge in [-0.15, -0.1) is 10.2 Å². The van der Waals surface area contributed by atoms with E-state index >= 15 is 0 Å². The van der Waals surface area contributed by atoms with Gasteiger partial charge in [-0.3, -0.25) is 9.59 Å². The SMILES string of the molecule is CCCOC(=O)c1cccc(NC(=O)CSc2nnc(CNC(=O)c3ccccc3C)n2CC)c1. The Morgan fingerprint density at radius 2 is 1.86 bits per heavy atom. The Hall–Kier alpha value is -3.66. The van der Waals surface area contributed by atoms with Gasteiger partial charge in [0.05, 0.1) is 24.5 Å². The molecule has 184 valence electrons. The molecule has 9 nitrogen and oxygen atoms in total. The van der Waals surface area contributed by atoms with Crippen molar-refractivity contribution >= 4 is 35.2 Å². The monoisotopic (exact) mass is 495 g/mol. The molecule has 0 unspecified atom stereocenters. The summed E-state index contributed by atoms with van der Waals surface area (Å²) in [6.45, 7) is 6.92. The molecule has 0 saturated heterocycles. The Labute approximate surface area is 208 Å². The molecule has 0 spiro atoms. The van der Waals surface area contributed by atoms with Gasteiger partial charge < -0.3 is 19.9 Å². The van der Waals surface area contributed by atoms with Crippen LogP contribution < -0.4 is 10.6 Å². The zero-order valence-corrected chi connectivity index (χ0v) is 20.9. The van der Waals surface area contributed by atoms with Crippen LogP contribution in [0.25, 0.3) is 0 Å². The first-order chi connectivity index (χ1) is 16.9. The van der Waals surface area contributed by atoms with Crippen molar-refractivity contribution in [2.45, 2.75) is 45.4 Å². The summed E-state index contributed by atoms with van der Waals surface area (Å²) in [5.41, 5.74) is 2.40. The van der Waals surface area contributed by atoms with Gasteiger partial charge in [0.25, 0.3) is 5.91 Å². The normalized spacial score (nSPS) is 10.6. The number of aromatic nitrogens is 3. The molecule has 10 heteroatoms. The van der Waals surface area contributed by atoms with Gasteiger partial charge in [0.2, 0.25) is 5.91 Å². The lowest BCUT2D eigenvalue weighted by molar-refractivity contribution is -0.113. The Kier molecular flexibility index (Phi) is 9.42. The molecule has 2 amide bonds. The standard InChI is InChI=1S/C25H29N5O4S/c1-4-13-34-24(33)18-10-8-11-19(14-18)27-22(31)16-35-25-29-28-21(30(25)5-2)15-26-23(32)20-12-7-6-9-17(20)3/h6-12,14H,4-5,13,15-16H2,1-3H3,(H,26,32)(H,27,31). The molecule has 0 fully saturated rings. The fourth-order valence-electron chi connectivity index (χ4n) is 3.29. The van der Waals surface area contributed by atoms with Crippen LogP contribution in [0, 0.1) is 6.92 Å². The summed E-state index contributed by atoms with van der Waals surface area (Å²) in [4.78, 5) is 37.0. The Morgan fingerprint density at radius 1 is 1.06 bits per heavy atom. The van der Waals surface area contributed by atoms with Crippen LogP contribution in [0.5, 0.6) is 0 Å². The molecule has 0 aliphatic carbocycles. The number of nitrogens with one attached hydrogen (secondary N) is 2. The molecule has 3 aromatic rings. The quantitative estimate of drug-likeness (QED) is 0.307. The van der Waals surface area contributed by atoms with Crippen LogP contribution in [-0.2, 0) is 22.6 Å². The number of esters is 1. The second kappa shape index (κ2) is 12.7. The highest BCUT2D eigenvalue weighted by Gasteiger charge is 2.16. The van der Waals surface area contributed by atoms with Crippen molar-refractivity contribution in [3.8, 4) is 0 Å². The minimum absolute atomic E-state index is 0.109. The molecule has 0 aliphatic rings. The van der Waals surface area contributed by atoms with E-state index < -0.39 is 5.97 Å². The van der Waals surface area contributed by atoms with E-state index in [1.54, 1.807) is 30.3 Å². The summed E-state index contributed by atoms with van der Waals surface area (Å²) in [5.74, 6) is -0.124. The fourth-order valence-corrected chi connectivity index (χ4v) is 4.11. The summed E-state index contributed by atoms with van der Waals surface area (Å²) in [6, 6.07) is 14.0. The van der Waals surface area contributed by atoms with Crippen molar-refractivity contribution in [3.63, 3.8) is 0 Å². The minimum Gasteiger partial charge on any atom is -0.462 e. The molecule has 2 aromatic carbocycles.